The maximum Gasteiger partial charge on any atom is 0.223 e. The lowest BCUT2D eigenvalue weighted by atomic mass is 9.89. The van der Waals surface area contributed by atoms with Gasteiger partial charge in [-0.05, 0) is 44.9 Å². The van der Waals surface area contributed by atoms with E-state index < -0.39 is 30.6 Å². The Labute approximate surface area is 182 Å². The smallest absolute Gasteiger partial charge is 0.223 e. The Bertz CT molecular complexity index is 506. The summed E-state index contributed by atoms with van der Waals surface area (Å²) in [6.45, 7) is 6.70. The summed E-state index contributed by atoms with van der Waals surface area (Å²) < 4.78 is 12.1. The Balaban J connectivity index is 2.01. The first-order valence-electron chi connectivity index (χ1n) is 12.1. The lowest BCUT2D eigenvalue weighted by Gasteiger charge is -2.42. The molecule has 2 aliphatic heterocycles. The van der Waals surface area contributed by atoms with E-state index in [1.54, 1.807) is 6.92 Å². The van der Waals surface area contributed by atoms with Crippen molar-refractivity contribution in [3.63, 3.8) is 0 Å². The minimum absolute atomic E-state index is 0.0358. The molecule has 2 aliphatic rings. The Morgan fingerprint density at radius 1 is 1.03 bits per heavy atom. The molecule has 2 saturated heterocycles. The van der Waals surface area contributed by atoms with Gasteiger partial charge in [0.25, 0.3) is 0 Å². The van der Waals surface area contributed by atoms with Gasteiger partial charge in [0.1, 0.15) is 6.10 Å². The number of rotatable bonds is 4. The molecular weight excluding hydrogens is 384 g/mol. The van der Waals surface area contributed by atoms with Gasteiger partial charge >= 0.3 is 0 Å². The molecule has 5 unspecified atom stereocenters. The zero-order valence-corrected chi connectivity index (χ0v) is 19.1. The zero-order chi connectivity index (χ0) is 22.1. The van der Waals surface area contributed by atoms with Gasteiger partial charge in [0.05, 0.1) is 24.4 Å². The van der Waals surface area contributed by atoms with Crippen molar-refractivity contribution in [3.8, 4) is 0 Å². The molecule has 7 heteroatoms. The molecule has 1 amide bonds. The van der Waals surface area contributed by atoms with Crippen LogP contribution < -0.4 is 11.1 Å². The van der Waals surface area contributed by atoms with Gasteiger partial charge in [0.15, 0.2) is 6.29 Å². The number of nitrogens with one attached hydrogen (secondary N) is 1. The van der Waals surface area contributed by atoms with Gasteiger partial charge in [-0.2, -0.15) is 0 Å². The van der Waals surface area contributed by atoms with E-state index in [4.69, 9.17) is 15.2 Å². The molecule has 2 heterocycles. The average Bonchev–Trinajstić information content (AvgIpc) is 2.74. The highest BCUT2D eigenvalue weighted by molar-refractivity contribution is 5.78. The van der Waals surface area contributed by atoms with Gasteiger partial charge in [-0.15, -0.1) is 0 Å². The molecule has 2 fully saturated rings. The molecule has 30 heavy (non-hydrogen) atoms. The van der Waals surface area contributed by atoms with Crippen molar-refractivity contribution in [2.45, 2.75) is 122 Å². The van der Waals surface area contributed by atoms with Crippen molar-refractivity contribution in [1.29, 1.82) is 0 Å². The number of nitrogens with two attached hydrogens (primary N) is 1. The van der Waals surface area contributed by atoms with Gasteiger partial charge in [-0.25, -0.2) is 0 Å². The van der Waals surface area contributed by atoms with Crippen LogP contribution in [0.5, 0.6) is 0 Å². The third-order valence-electron chi connectivity index (χ3n) is 6.96. The van der Waals surface area contributed by atoms with Crippen molar-refractivity contribution in [3.05, 3.63) is 0 Å². The highest BCUT2D eigenvalue weighted by Crippen LogP contribution is 2.29. The molecule has 0 aromatic carbocycles. The molecule has 2 rings (SSSR count). The van der Waals surface area contributed by atoms with Gasteiger partial charge < -0.3 is 30.7 Å². The monoisotopic (exact) mass is 428 g/mol. The molecule has 176 valence electrons. The fourth-order valence-electron chi connectivity index (χ4n) is 4.75. The van der Waals surface area contributed by atoms with Crippen molar-refractivity contribution in [2.24, 2.45) is 17.6 Å². The molecule has 0 aliphatic carbocycles. The normalized spacial score (nSPS) is 40.4. The summed E-state index contributed by atoms with van der Waals surface area (Å²) in [5.41, 5.74) is 5.98. The third-order valence-corrected chi connectivity index (χ3v) is 6.96. The lowest BCUT2D eigenvalue weighted by Crippen LogP contribution is -2.61. The van der Waals surface area contributed by atoms with Crippen LogP contribution in [0, 0.1) is 11.8 Å². The molecule has 7 nitrogen and oxygen atoms in total. The Morgan fingerprint density at radius 2 is 1.73 bits per heavy atom. The number of amides is 1. The first kappa shape index (κ1) is 25.5. The van der Waals surface area contributed by atoms with E-state index in [-0.39, 0.29) is 17.9 Å². The Morgan fingerprint density at radius 3 is 2.40 bits per heavy atom. The predicted molar refractivity (Wildman–Crippen MR) is 117 cm³/mol. The van der Waals surface area contributed by atoms with Crippen LogP contribution >= 0.6 is 0 Å². The van der Waals surface area contributed by atoms with Crippen molar-refractivity contribution in [1.82, 2.24) is 5.32 Å². The van der Waals surface area contributed by atoms with Crippen LogP contribution in [0.1, 0.15) is 85.0 Å². The summed E-state index contributed by atoms with van der Waals surface area (Å²) in [6, 6.07) is -0.779. The van der Waals surface area contributed by atoms with Crippen LogP contribution in [-0.4, -0.2) is 59.4 Å². The Hall–Kier alpha value is -0.730. The Kier molecular flexibility index (Phi) is 11.0. The molecule has 0 aromatic heterocycles. The van der Waals surface area contributed by atoms with Crippen molar-refractivity contribution < 1.29 is 24.5 Å². The molecule has 0 spiro atoms. The van der Waals surface area contributed by atoms with Crippen LogP contribution in [0.4, 0.5) is 0 Å². The number of carbonyl (C=O) groups excluding carboxylic acids is 1. The standard InChI is InChI=1S/C23H44N2O5/c1-4-16-12-10-14-25-22(28)17(5-2)11-8-6-7-9-13-18(16)30-23-21(27)19(24)20(26)15(3)29-23/h15-21,23,26-27H,4-14,24H2,1-3H3,(H,25,28)/t15?,16-,17-,18-,19?,20?,21?,23?/m1/s1. The summed E-state index contributed by atoms with van der Waals surface area (Å²) in [5.74, 6) is 0.647. The van der Waals surface area contributed by atoms with Gasteiger partial charge in [0, 0.05) is 12.5 Å². The fraction of sp³-hybridized carbons (Fsp3) is 0.957. The summed E-state index contributed by atoms with van der Waals surface area (Å²) in [7, 11) is 0. The number of carbonyl (C=O) groups is 1. The summed E-state index contributed by atoms with van der Waals surface area (Å²) >= 11 is 0. The predicted octanol–water partition coefficient (Wildman–Crippen LogP) is 2.47. The first-order chi connectivity index (χ1) is 14.4. The van der Waals surface area contributed by atoms with Gasteiger partial charge in [-0.1, -0.05) is 46.0 Å². The molecule has 5 N–H and O–H groups in total. The summed E-state index contributed by atoms with van der Waals surface area (Å²) in [5, 5.41) is 23.7. The van der Waals surface area contributed by atoms with Crippen LogP contribution in [-0.2, 0) is 14.3 Å². The van der Waals surface area contributed by atoms with E-state index in [1.165, 1.54) is 0 Å². The average molecular weight is 429 g/mol. The molecule has 0 radical (unpaired) electrons. The fourth-order valence-corrected chi connectivity index (χ4v) is 4.75. The largest absolute Gasteiger partial charge is 0.389 e. The van der Waals surface area contributed by atoms with E-state index in [9.17, 15) is 15.0 Å². The minimum atomic E-state index is -1.05. The van der Waals surface area contributed by atoms with Crippen LogP contribution in [0.3, 0.4) is 0 Å². The summed E-state index contributed by atoms with van der Waals surface area (Å²) in [6.07, 6.45) is 6.66. The quantitative estimate of drug-likeness (QED) is 0.547. The molecule has 8 atom stereocenters. The van der Waals surface area contributed by atoms with E-state index in [2.05, 4.69) is 19.2 Å². The van der Waals surface area contributed by atoms with E-state index in [0.717, 1.165) is 64.2 Å². The van der Waals surface area contributed by atoms with Gasteiger partial charge in [-0.3, -0.25) is 4.79 Å². The zero-order valence-electron chi connectivity index (χ0n) is 19.1. The van der Waals surface area contributed by atoms with Crippen molar-refractivity contribution >= 4 is 5.91 Å². The maximum atomic E-state index is 12.4. The van der Waals surface area contributed by atoms with E-state index in [1.807, 2.05) is 0 Å². The SMILES string of the molecule is CC[C@@H]1CCCCCC[C@@H](OC2OC(C)C(O)C(N)C2O)[C@H](CC)CCCNC1=O. The molecule has 0 saturated carbocycles. The second-order valence-electron chi connectivity index (χ2n) is 9.14. The molecular formula is C23H44N2O5. The third kappa shape index (κ3) is 7.16. The van der Waals surface area contributed by atoms with E-state index >= 15 is 0 Å². The number of aliphatic hydroxyl groups excluding tert-OH is 2. The number of aliphatic hydroxyl groups is 2. The van der Waals surface area contributed by atoms with Crippen LogP contribution in [0.2, 0.25) is 0 Å². The van der Waals surface area contributed by atoms with E-state index in [0.29, 0.717) is 12.5 Å². The first-order valence-corrected chi connectivity index (χ1v) is 12.1. The van der Waals surface area contributed by atoms with Crippen molar-refractivity contribution in [2.75, 3.05) is 6.54 Å². The second-order valence-corrected chi connectivity index (χ2v) is 9.14. The highest BCUT2D eigenvalue weighted by atomic mass is 16.7. The summed E-state index contributed by atoms with van der Waals surface area (Å²) in [4.78, 5) is 12.4. The number of ether oxygens (including phenoxy) is 2. The highest BCUT2D eigenvalue weighted by Gasteiger charge is 2.42. The number of hydrogen-bond donors (Lipinski definition) is 4. The van der Waals surface area contributed by atoms with Crippen LogP contribution in [0.25, 0.3) is 0 Å². The van der Waals surface area contributed by atoms with Gasteiger partial charge in [0.2, 0.25) is 5.91 Å². The lowest BCUT2D eigenvalue weighted by molar-refractivity contribution is -0.286. The maximum absolute atomic E-state index is 12.4. The minimum Gasteiger partial charge on any atom is -0.389 e. The molecule has 0 aromatic rings. The molecule has 0 bridgehead atoms. The topological polar surface area (TPSA) is 114 Å². The van der Waals surface area contributed by atoms with Crippen LogP contribution in [0.15, 0.2) is 0 Å². The second kappa shape index (κ2) is 13.0. The number of hydrogen-bond acceptors (Lipinski definition) is 6.